The third kappa shape index (κ3) is 2.49. The van der Waals surface area contributed by atoms with Gasteiger partial charge >= 0.3 is 0 Å². The molecule has 22 heavy (non-hydrogen) atoms. The van der Waals surface area contributed by atoms with Crippen molar-refractivity contribution < 1.29 is 9.47 Å². The number of anilines is 1. The van der Waals surface area contributed by atoms with Gasteiger partial charge < -0.3 is 14.4 Å². The molecule has 4 nitrogen and oxygen atoms in total. The van der Waals surface area contributed by atoms with Crippen molar-refractivity contribution >= 4 is 11.3 Å². The summed E-state index contributed by atoms with van der Waals surface area (Å²) in [5.41, 5.74) is 3.70. The van der Waals surface area contributed by atoms with Gasteiger partial charge in [-0.3, -0.25) is 0 Å². The second-order valence-corrected chi connectivity index (χ2v) is 5.00. The smallest absolute Gasteiger partial charge is 0.119 e. The largest absolute Gasteiger partial charge is 0.497 e. The van der Waals surface area contributed by atoms with Crippen molar-refractivity contribution in [2.45, 2.75) is 6.54 Å². The van der Waals surface area contributed by atoms with E-state index in [1.54, 1.807) is 14.2 Å². The summed E-state index contributed by atoms with van der Waals surface area (Å²) >= 11 is 0. The number of nitriles is 1. The summed E-state index contributed by atoms with van der Waals surface area (Å²) in [5, 5.41) is 9.44. The maximum Gasteiger partial charge on any atom is 0.119 e. The first-order chi connectivity index (χ1) is 10.7. The number of rotatable bonds is 3. The standard InChI is InChI=1S/C18H16N2O2/c1-21-16-7-4-15(5-8-16)20-11-13-3-6-17(22-2)9-18(13)14(10-19)12-20/h3-9,12H,11H2,1-2H3. The number of benzene rings is 2. The molecular formula is C18H16N2O2. The first-order valence-corrected chi connectivity index (χ1v) is 6.95. The van der Waals surface area contributed by atoms with Crippen molar-refractivity contribution in [3.8, 4) is 17.6 Å². The topological polar surface area (TPSA) is 45.5 Å². The van der Waals surface area contributed by atoms with Crippen LogP contribution in [0, 0.1) is 11.3 Å². The Morgan fingerprint density at radius 1 is 1.00 bits per heavy atom. The van der Waals surface area contributed by atoms with Crippen LogP contribution < -0.4 is 14.4 Å². The van der Waals surface area contributed by atoms with Crippen molar-refractivity contribution in [1.82, 2.24) is 0 Å². The fourth-order valence-corrected chi connectivity index (χ4v) is 2.55. The average molecular weight is 292 g/mol. The molecule has 0 saturated heterocycles. The zero-order chi connectivity index (χ0) is 15.5. The van der Waals surface area contributed by atoms with Crippen molar-refractivity contribution in [2.24, 2.45) is 0 Å². The monoisotopic (exact) mass is 292 g/mol. The number of allylic oxidation sites excluding steroid dienone is 1. The minimum atomic E-state index is 0.635. The third-order valence-corrected chi connectivity index (χ3v) is 3.76. The van der Waals surface area contributed by atoms with E-state index in [1.165, 1.54) is 0 Å². The van der Waals surface area contributed by atoms with Crippen LogP contribution in [0.4, 0.5) is 5.69 Å². The summed E-state index contributed by atoms with van der Waals surface area (Å²) in [6.07, 6.45) is 1.88. The van der Waals surface area contributed by atoms with E-state index < -0.39 is 0 Å². The summed E-state index contributed by atoms with van der Waals surface area (Å²) in [6.45, 7) is 0.719. The molecular weight excluding hydrogens is 276 g/mol. The van der Waals surface area contributed by atoms with Crippen LogP contribution in [-0.2, 0) is 6.54 Å². The average Bonchev–Trinajstić information content (AvgIpc) is 2.60. The number of ether oxygens (including phenoxy) is 2. The van der Waals surface area contributed by atoms with E-state index in [9.17, 15) is 5.26 Å². The van der Waals surface area contributed by atoms with E-state index in [2.05, 4.69) is 11.0 Å². The van der Waals surface area contributed by atoms with Gasteiger partial charge in [0.1, 0.15) is 17.6 Å². The molecule has 1 aliphatic rings. The van der Waals surface area contributed by atoms with Crippen LogP contribution in [0.1, 0.15) is 11.1 Å². The van der Waals surface area contributed by atoms with Gasteiger partial charge in [-0.1, -0.05) is 6.07 Å². The molecule has 0 aromatic heterocycles. The highest BCUT2D eigenvalue weighted by Crippen LogP contribution is 2.32. The van der Waals surface area contributed by atoms with Gasteiger partial charge in [-0.25, -0.2) is 0 Å². The zero-order valence-corrected chi connectivity index (χ0v) is 12.5. The molecule has 0 amide bonds. The molecule has 0 spiro atoms. The predicted molar refractivity (Wildman–Crippen MR) is 85.8 cm³/mol. The molecule has 1 aliphatic heterocycles. The van der Waals surface area contributed by atoms with E-state index in [-0.39, 0.29) is 0 Å². The van der Waals surface area contributed by atoms with Crippen molar-refractivity contribution in [3.63, 3.8) is 0 Å². The lowest BCUT2D eigenvalue weighted by Gasteiger charge is -2.27. The van der Waals surface area contributed by atoms with Gasteiger partial charge in [-0.15, -0.1) is 0 Å². The Labute approximate surface area is 129 Å². The van der Waals surface area contributed by atoms with Crippen molar-refractivity contribution in [3.05, 3.63) is 59.8 Å². The fraction of sp³-hybridized carbons (Fsp3) is 0.167. The number of hydrogen-bond donors (Lipinski definition) is 0. The van der Waals surface area contributed by atoms with Crippen molar-refractivity contribution in [2.75, 3.05) is 19.1 Å². The van der Waals surface area contributed by atoms with Gasteiger partial charge in [0.15, 0.2) is 0 Å². The minimum absolute atomic E-state index is 0.635. The Kier molecular flexibility index (Phi) is 3.71. The van der Waals surface area contributed by atoms with Gasteiger partial charge in [-0.05, 0) is 42.0 Å². The van der Waals surface area contributed by atoms with E-state index in [0.717, 1.165) is 34.9 Å². The zero-order valence-electron chi connectivity index (χ0n) is 12.5. The number of nitrogens with zero attached hydrogens (tertiary/aromatic N) is 2. The van der Waals surface area contributed by atoms with E-state index in [4.69, 9.17) is 9.47 Å². The van der Waals surface area contributed by atoms with Crippen molar-refractivity contribution in [1.29, 1.82) is 5.26 Å². The Bertz CT molecular complexity index is 758. The quantitative estimate of drug-likeness (QED) is 0.867. The minimum Gasteiger partial charge on any atom is -0.497 e. The summed E-state index contributed by atoms with van der Waals surface area (Å²) in [4.78, 5) is 2.06. The van der Waals surface area contributed by atoms with Gasteiger partial charge in [0.05, 0.1) is 19.8 Å². The maximum atomic E-state index is 9.44. The molecule has 2 aromatic carbocycles. The lowest BCUT2D eigenvalue weighted by Crippen LogP contribution is -2.20. The Hall–Kier alpha value is -2.93. The highest BCUT2D eigenvalue weighted by molar-refractivity contribution is 5.83. The van der Waals surface area contributed by atoms with Gasteiger partial charge in [0, 0.05) is 24.0 Å². The Morgan fingerprint density at radius 3 is 2.32 bits per heavy atom. The van der Waals surface area contributed by atoms with Crippen LogP contribution in [0.15, 0.2) is 48.7 Å². The molecule has 1 heterocycles. The summed E-state index contributed by atoms with van der Waals surface area (Å²) in [6, 6.07) is 15.9. The van der Waals surface area contributed by atoms with Crippen LogP contribution in [0.5, 0.6) is 11.5 Å². The van der Waals surface area contributed by atoms with E-state index >= 15 is 0 Å². The summed E-state index contributed by atoms with van der Waals surface area (Å²) in [7, 11) is 3.27. The van der Waals surface area contributed by atoms with Crippen LogP contribution in [0.2, 0.25) is 0 Å². The molecule has 0 fully saturated rings. The van der Waals surface area contributed by atoms with Crippen LogP contribution in [0.25, 0.3) is 5.57 Å². The second kappa shape index (κ2) is 5.82. The normalized spacial score (nSPS) is 13.0. The first kappa shape index (κ1) is 14.0. The van der Waals surface area contributed by atoms with Gasteiger partial charge in [-0.2, -0.15) is 5.26 Å². The molecule has 0 unspecified atom stereocenters. The first-order valence-electron chi connectivity index (χ1n) is 6.95. The molecule has 0 atom stereocenters. The molecule has 0 saturated carbocycles. The Morgan fingerprint density at radius 2 is 1.68 bits per heavy atom. The second-order valence-electron chi connectivity index (χ2n) is 5.00. The lowest BCUT2D eigenvalue weighted by atomic mass is 9.97. The molecule has 0 bridgehead atoms. The fourth-order valence-electron chi connectivity index (χ4n) is 2.55. The third-order valence-electron chi connectivity index (χ3n) is 3.76. The van der Waals surface area contributed by atoms with Crippen LogP contribution in [-0.4, -0.2) is 14.2 Å². The molecule has 3 rings (SSSR count). The molecule has 110 valence electrons. The van der Waals surface area contributed by atoms with Gasteiger partial charge in [0.25, 0.3) is 0 Å². The molecule has 0 radical (unpaired) electrons. The molecule has 0 N–H and O–H groups in total. The highest BCUT2D eigenvalue weighted by atomic mass is 16.5. The number of methoxy groups -OCH3 is 2. The SMILES string of the molecule is COc1ccc(N2C=C(C#N)c3cc(OC)ccc3C2)cc1. The Balaban J connectivity index is 1.98. The summed E-state index contributed by atoms with van der Waals surface area (Å²) in [5.74, 6) is 1.58. The molecule has 2 aromatic rings. The number of fused-ring (bicyclic) bond motifs is 1. The van der Waals surface area contributed by atoms with E-state index in [1.807, 2.05) is 48.7 Å². The van der Waals surface area contributed by atoms with Gasteiger partial charge in [0.2, 0.25) is 0 Å². The maximum absolute atomic E-state index is 9.44. The number of hydrogen-bond acceptors (Lipinski definition) is 4. The highest BCUT2D eigenvalue weighted by Gasteiger charge is 2.19. The lowest BCUT2D eigenvalue weighted by molar-refractivity contribution is 0.414. The molecule has 0 aliphatic carbocycles. The van der Waals surface area contributed by atoms with E-state index in [0.29, 0.717) is 5.57 Å². The van der Waals surface area contributed by atoms with Crippen LogP contribution in [0.3, 0.4) is 0 Å². The predicted octanol–water partition coefficient (Wildman–Crippen LogP) is 3.59. The van der Waals surface area contributed by atoms with Crippen LogP contribution >= 0.6 is 0 Å². The molecule has 4 heteroatoms. The summed E-state index contributed by atoms with van der Waals surface area (Å²) < 4.78 is 10.4.